The molecule has 2 nitrogen and oxygen atoms in total. The van der Waals surface area contributed by atoms with Crippen LogP contribution in [0.4, 0.5) is 4.39 Å². The third kappa shape index (κ3) is 3.93. The number of aliphatic hydroxyl groups excluding tert-OH is 1. The molecule has 0 unspecified atom stereocenters. The van der Waals surface area contributed by atoms with E-state index in [1.165, 1.54) is 6.07 Å². The minimum atomic E-state index is -0.392. The zero-order chi connectivity index (χ0) is 13.5. The molecule has 0 aliphatic rings. The Labute approximate surface area is 111 Å². The number of hydrogen-bond acceptors (Lipinski definition) is 2. The standard InChI is InChI=1S/C16H15FO2/c17-15-9-8-13(7-4-10-18)11-16(15)19-12-14-5-2-1-3-6-14/h1-9,11,18H,10,12H2. The molecule has 1 N–H and O–H groups in total. The Bertz CT molecular complexity index is 550. The maximum Gasteiger partial charge on any atom is 0.165 e. The molecule has 0 aromatic heterocycles. The molecule has 0 bridgehead atoms. The van der Waals surface area contributed by atoms with Gasteiger partial charge in [-0.3, -0.25) is 0 Å². The summed E-state index contributed by atoms with van der Waals surface area (Å²) in [7, 11) is 0. The highest BCUT2D eigenvalue weighted by Gasteiger charge is 2.04. The molecule has 0 saturated heterocycles. The highest BCUT2D eigenvalue weighted by molar-refractivity contribution is 5.52. The SMILES string of the molecule is OCC=Cc1ccc(F)c(OCc2ccccc2)c1. The van der Waals surface area contributed by atoms with Gasteiger partial charge in [0, 0.05) is 0 Å². The third-order valence-electron chi connectivity index (χ3n) is 2.61. The molecule has 2 aromatic rings. The molecule has 2 aromatic carbocycles. The van der Waals surface area contributed by atoms with Crippen LogP contribution in [0.5, 0.6) is 5.75 Å². The summed E-state index contributed by atoms with van der Waals surface area (Å²) in [4.78, 5) is 0. The van der Waals surface area contributed by atoms with Crippen LogP contribution in [0.25, 0.3) is 6.08 Å². The molecule has 0 aliphatic carbocycles. The summed E-state index contributed by atoms with van der Waals surface area (Å²) in [5, 5.41) is 8.71. The highest BCUT2D eigenvalue weighted by atomic mass is 19.1. The van der Waals surface area contributed by atoms with Crippen LogP contribution in [0.1, 0.15) is 11.1 Å². The molecule has 0 amide bonds. The molecule has 2 rings (SSSR count). The number of halogens is 1. The van der Waals surface area contributed by atoms with Gasteiger partial charge in [-0.05, 0) is 23.3 Å². The summed E-state index contributed by atoms with van der Waals surface area (Å²) < 4.78 is 19.1. The topological polar surface area (TPSA) is 29.5 Å². The fourth-order valence-electron chi connectivity index (χ4n) is 1.66. The number of benzene rings is 2. The van der Waals surface area contributed by atoms with Gasteiger partial charge in [-0.15, -0.1) is 0 Å². The quantitative estimate of drug-likeness (QED) is 0.890. The van der Waals surface area contributed by atoms with E-state index >= 15 is 0 Å². The predicted octanol–water partition coefficient (Wildman–Crippen LogP) is 3.41. The number of ether oxygens (including phenoxy) is 1. The van der Waals surface area contributed by atoms with Gasteiger partial charge in [0.05, 0.1) is 6.61 Å². The van der Waals surface area contributed by atoms with Crippen molar-refractivity contribution in [2.24, 2.45) is 0 Å². The molecular weight excluding hydrogens is 243 g/mol. The van der Waals surface area contributed by atoms with Crippen LogP contribution >= 0.6 is 0 Å². The Hall–Kier alpha value is -2.13. The summed E-state index contributed by atoms with van der Waals surface area (Å²) in [6.45, 7) is 0.280. The molecule has 0 atom stereocenters. The summed E-state index contributed by atoms with van der Waals surface area (Å²) in [5.41, 5.74) is 1.77. The zero-order valence-corrected chi connectivity index (χ0v) is 10.4. The van der Waals surface area contributed by atoms with Gasteiger partial charge < -0.3 is 9.84 Å². The van der Waals surface area contributed by atoms with Gasteiger partial charge in [0.2, 0.25) is 0 Å². The van der Waals surface area contributed by atoms with Gasteiger partial charge in [0.15, 0.2) is 11.6 Å². The molecule has 0 spiro atoms. The van der Waals surface area contributed by atoms with Crippen LogP contribution in [0.15, 0.2) is 54.6 Å². The molecule has 0 saturated carbocycles. The van der Waals surface area contributed by atoms with E-state index in [1.54, 1.807) is 24.3 Å². The minimum absolute atomic E-state index is 0.0441. The van der Waals surface area contributed by atoms with E-state index in [4.69, 9.17) is 9.84 Å². The second-order valence-electron chi connectivity index (χ2n) is 4.05. The highest BCUT2D eigenvalue weighted by Crippen LogP contribution is 2.20. The first-order valence-electron chi connectivity index (χ1n) is 6.03. The molecule has 0 radical (unpaired) electrons. The van der Waals surface area contributed by atoms with Gasteiger partial charge in [0.1, 0.15) is 6.61 Å². The summed E-state index contributed by atoms with van der Waals surface area (Å²) in [6, 6.07) is 14.2. The van der Waals surface area contributed by atoms with E-state index in [0.29, 0.717) is 6.61 Å². The second-order valence-corrected chi connectivity index (χ2v) is 4.05. The number of aliphatic hydroxyl groups is 1. The fourth-order valence-corrected chi connectivity index (χ4v) is 1.66. The van der Waals surface area contributed by atoms with E-state index in [1.807, 2.05) is 30.3 Å². The van der Waals surface area contributed by atoms with Crippen molar-refractivity contribution in [3.63, 3.8) is 0 Å². The Balaban J connectivity index is 2.09. The van der Waals surface area contributed by atoms with Crippen molar-refractivity contribution in [3.8, 4) is 5.75 Å². The van der Waals surface area contributed by atoms with E-state index in [-0.39, 0.29) is 12.4 Å². The van der Waals surface area contributed by atoms with Crippen LogP contribution in [0.3, 0.4) is 0 Å². The van der Waals surface area contributed by atoms with Gasteiger partial charge in [-0.25, -0.2) is 4.39 Å². The Morgan fingerprint density at radius 1 is 1.11 bits per heavy atom. The molecule has 0 fully saturated rings. The van der Waals surface area contributed by atoms with Crippen molar-refractivity contribution in [1.82, 2.24) is 0 Å². The predicted molar refractivity (Wildman–Crippen MR) is 73.3 cm³/mol. The van der Waals surface area contributed by atoms with Crippen molar-refractivity contribution in [1.29, 1.82) is 0 Å². The largest absolute Gasteiger partial charge is 0.486 e. The first-order valence-corrected chi connectivity index (χ1v) is 6.03. The van der Waals surface area contributed by atoms with Crippen LogP contribution in [-0.2, 0) is 6.61 Å². The van der Waals surface area contributed by atoms with Crippen LogP contribution in [0, 0.1) is 5.82 Å². The number of hydrogen-bond donors (Lipinski definition) is 1. The third-order valence-corrected chi connectivity index (χ3v) is 2.61. The lowest BCUT2D eigenvalue weighted by Gasteiger charge is -2.08. The van der Waals surface area contributed by atoms with Crippen LogP contribution < -0.4 is 4.74 Å². The summed E-state index contributed by atoms with van der Waals surface area (Å²) in [5.74, 6) is -0.180. The molecule has 98 valence electrons. The second kappa shape index (κ2) is 6.71. The fraction of sp³-hybridized carbons (Fsp3) is 0.125. The molecule has 3 heteroatoms. The van der Waals surface area contributed by atoms with Gasteiger partial charge in [-0.2, -0.15) is 0 Å². The lowest BCUT2D eigenvalue weighted by molar-refractivity contribution is 0.290. The molecule has 0 heterocycles. The van der Waals surface area contributed by atoms with Crippen LogP contribution in [-0.4, -0.2) is 11.7 Å². The maximum absolute atomic E-state index is 13.6. The molecule has 0 aliphatic heterocycles. The van der Waals surface area contributed by atoms with Crippen molar-refractivity contribution < 1.29 is 14.2 Å². The minimum Gasteiger partial charge on any atom is -0.486 e. The number of rotatable bonds is 5. The summed E-state index contributed by atoms with van der Waals surface area (Å²) >= 11 is 0. The van der Waals surface area contributed by atoms with Crippen molar-refractivity contribution in [3.05, 3.63) is 71.6 Å². The average Bonchev–Trinajstić information content (AvgIpc) is 2.46. The monoisotopic (exact) mass is 258 g/mol. The van der Waals surface area contributed by atoms with Crippen LogP contribution in [0.2, 0.25) is 0 Å². The van der Waals surface area contributed by atoms with E-state index < -0.39 is 5.82 Å². The van der Waals surface area contributed by atoms with E-state index in [9.17, 15) is 4.39 Å². The normalized spacial score (nSPS) is 10.8. The van der Waals surface area contributed by atoms with Crippen molar-refractivity contribution in [2.45, 2.75) is 6.61 Å². The first-order chi connectivity index (χ1) is 9.29. The Morgan fingerprint density at radius 2 is 1.89 bits per heavy atom. The van der Waals surface area contributed by atoms with Gasteiger partial charge >= 0.3 is 0 Å². The zero-order valence-electron chi connectivity index (χ0n) is 10.4. The van der Waals surface area contributed by atoms with Crippen molar-refractivity contribution in [2.75, 3.05) is 6.61 Å². The lowest BCUT2D eigenvalue weighted by atomic mass is 10.2. The molecule has 19 heavy (non-hydrogen) atoms. The Morgan fingerprint density at radius 3 is 2.63 bits per heavy atom. The van der Waals surface area contributed by atoms with Gasteiger partial charge in [-0.1, -0.05) is 48.6 Å². The summed E-state index contributed by atoms with van der Waals surface area (Å²) in [6.07, 6.45) is 3.31. The molecular formula is C16H15FO2. The first kappa shape index (κ1) is 13.3. The maximum atomic E-state index is 13.6. The smallest absolute Gasteiger partial charge is 0.165 e. The van der Waals surface area contributed by atoms with Gasteiger partial charge in [0.25, 0.3) is 0 Å². The van der Waals surface area contributed by atoms with E-state index in [2.05, 4.69) is 0 Å². The van der Waals surface area contributed by atoms with E-state index in [0.717, 1.165) is 11.1 Å². The lowest BCUT2D eigenvalue weighted by Crippen LogP contribution is -1.97. The average molecular weight is 258 g/mol. The Kier molecular flexibility index (Phi) is 4.70. The van der Waals surface area contributed by atoms with Crippen molar-refractivity contribution >= 4 is 6.08 Å².